The molecule has 1 aliphatic rings. The lowest BCUT2D eigenvalue weighted by atomic mass is 9.89. The lowest BCUT2D eigenvalue weighted by Gasteiger charge is -2.22. The normalized spacial score (nSPS) is 15.9. The largest absolute Gasteiger partial charge is 0.449 e. The smallest absolute Gasteiger partial charge is 0.407 e. The van der Waals surface area contributed by atoms with E-state index >= 15 is 0 Å². The van der Waals surface area contributed by atoms with Gasteiger partial charge in [0.15, 0.2) is 0 Å². The zero-order valence-electron chi connectivity index (χ0n) is 19.3. The molecule has 0 saturated heterocycles. The van der Waals surface area contributed by atoms with Gasteiger partial charge in [0.25, 0.3) is 0 Å². The number of nitrogens with zero attached hydrogens (tertiary/aromatic N) is 2. The number of hydrogen-bond donors (Lipinski definition) is 3. The monoisotopic (exact) mass is 499 g/mol. The average molecular weight is 500 g/mol. The number of fused-ring (bicyclic) bond motifs is 1. The van der Waals surface area contributed by atoms with E-state index in [9.17, 15) is 9.59 Å². The summed E-state index contributed by atoms with van der Waals surface area (Å²) in [6.45, 7) is 4.66. The van der Waals surface area contributed by atoms with Crippen molar-refractivity contribution in [1.82, 2.24) is 15.3 Å². The minimum Gasteiger partial charge on any atom is -0.449 e. The van der Waals surface area contributed by atoms with Gasteiger partial charge in [-0.25, -0.2) is 9.78 Å². The number of thiazole rings is 1. The molecule has 1 aliphatic carbocycles. The Bertz CT molecular complexity index is 1140. The number of nitrogens with one attached hydrogen (secondary N) is 2. The number of hydrogen-bond acceptors (Lipinski definition) is 8. The first kappa shape index (κ1) is 24.2. The molecular formula is C24H29N5O3S2. The number of aromatic nitrogens is 2. The van der Waals surface area contributed by atoms with Crippen LogP contribution in [-0.2, 0) is 28.9 Å². The van der Waals surface area contributed by atoms with E-state index in [1.54, 1.807) is 23.7 Å². The number of pyridine rings is 1. The number of amides is 2. The molecule has 10 heteroatoms. The molecule has 2 unspecified atom stereocenters. The predicted octanol–water partition coefficient (Wildman–Crippen LogP) is 4.65. The highest BCUT2D eigenvalue weighted by molar-refractivity contribution is 7.17. The van der Waals surface area contributed by atoms with Gasteiger partial charge in [-0.05, 0) is 55.2 Å². The molecule has 3 heterocycles. The number of ether oxygens (including phenoxy) is 1. The number of rotatable bonds is 8. The van der Waals surface area contributed by atoms with E-state index < -0.39 is 6.09 Å². The summed E-state index contributed by atoms with van der Waals surface area (Å²) in [5.41, 5.74) is 10.0. The Morgan fingerprint density at radius 2 is 2.24 bits per heavy atom. The van der Waals surface area contributed by atoms with Crippen LogP contribution in [0.25, 0.3) is 0 Å². The van der Waals surface area contributed by atoms with Crippen molar-refractivity contribution in [3.05, 3.63) is 56.6 Å². The fraction of sp³-hybridized carbons (Fsp3) is 0.417. The summed E-state index contributed by atoms with van der Waals surface area (Å²) < 4.78 is 5.44. The standard InChI is InChI=1S/C24H29N5O3S2/c1-14(17-4-3-7-26-10-17)8-21(30)29-23-22(25)19-6-5-16(9-20(19)34-23)12-32-24(31)27-11-18-13-33-15(2)28-18/h3-4,7,10,13-14,16H,5-6,8-9,11-12,25H2,1-2H3,(H,27,31)(H,29,30). The molecule has 0 saturated carbocycles. The number of nitrogen functional groups attached to an aromatic ring is 1. The van der Waals surface area contributed by atoms with Gasteiger partial charge in [0.1, 0.15) is 5.00 Å². The molecule has 0 bridgehead atoms. The first-order valence-corrected chi connectivity index (χ1v) is 13.0. The molecule has 2 amide bonds. The van der Waals surface area contributed by atoms with E-state index in [1.165, 1.54) is 11.3 Å². The van der Waals surface area contributed by atoms with E-state index in [4.69, 9.17) is 10.5 Å². The second-order valence-electron chi connectivity index (χ2n) is 8.60. The van der Waals surface area contributed by atoms with Crippen LogP contribution in [0.1, 0.15) is 52.4 Å². The lowest BCUT2D eigenvalue weighted by molar-refractivity contribution is -0.116. The van der Waals surface area contributed by atoms with Crippen LogP contribution in [0.3, 0.4) is 0 Å². The van der Waals surface area contributed by atoms with E-state index in [1.807, 2.05) is 31.4 Å². The summed E-state index contributed by atoms with van der Waals surface area (Å²) in [6, 6.07) is 3.85. The molecule has 34 heavy (non-hydrogen) atoms. The topological polar surface area (TPSA) is 119 Å². The first-order valence-electron chi connectivity index (χ1n) is 11.3. The summed E-state index contributed by atoms with van der Waals surface area (Å²) in [7, 11) is 0. The van der Waals surface area contributed by atoms with Crippen molar-refractivity contribution in [2.75, 3.05) is 17.7 Å². The zero-order valence-corrected chi connectivity index (χ0v) is 20.9. The third kappa shape index (κ3) is 6.12. The van der Waals surface area contributed by atoms with Gasteiger partial charge in [-0.15, -0.1) is 22.7 Å². The third-order valence-corrected chi connectivity index (χ3v) is 7.94. The van der Waals surface area contributed by atoms with Gasteiger partial charge in [0, 0.05) is 29.1 Å². The van der Waals surface area contributed by atoms with Crippen molar-refractivity contribution in [2.45, 2.75) is 52.0 Å². The maximum atomic E-state index is 12.6. The Balaban J connectivity index is 1.26. The Morgan fingerprint density at radius 1 is 1.38 bits per heavy atom. The molecule has 2 atom stereocenters. The molecule has 8 nitrogen and oxygen atoms in total. The highest BCUT2D eigenvalue weighted by Gasteiger charge is 2.26. The van der Waals surface area contributed by atoms with Crippen molar-refractivity contribution >= 4 is 45.4 Å². The van der Waals surface area contributed by atoms with Crippen LogP contribution in [0, 0.1) is 12.8 Å². The summed E-state index contributed by atoms with van der Waals surface area (Å²) >= 11 is 3.08. The van der Waals surface area contributed by atoms with E-state index in [-0.39, 0.29) is 17.7 Å². The van der Waals surface area contributed by atoms with Gasteiger partial charge >= 0.3 is 6.09 Å². The van der Waals surface area contributed by atoms with Gasteiger partial charge in [0.05, 0.1) is 29.5 Å². The van der Waals surface area contributed by atoms with Gasteiger partial charge in [-0.1, -0.05) is 13.0 Å². The van der Waals surface area contributed by atoms with Crippen LogP contribution >= 0.6 is 22.7 Å². The quantitative estimate of drug-likeness (QED) is 0.415. The van der Waals surface area contributed by atoms with Crippen molar-refractivity contribution in [3.63, 3.8) is 0 Å². The third-order valence-electron chi connectivity index (χ3n) is 5.94. The average Bonchev–Trinajstić information content (AvgIpc) is 3.39. The predicted molar refractivity (Wildman–Crippen MR) is 135 cm³/mol. The zero-order chi connectivity index (χ0) is 24.1. The van der Waals surface area contributed by atoms with Crippen molar-refractivity contribution in [1.29, 1.82) is 0 Å². The van der Waals surface area contributed by atoms with E-state index in [2.05, 4.69) is 20.6 Å². The van der Waals surface area contributed by atoms with Gasteiger partial charge in [-0.2, -0.15) is 0 Å². The molecule has 0 aliphatic heterocycles. The van der Waals surface area contributed by atoms with Crippen LogP contribution in [0.15, 0.2) is 29.9 Å². The van der Waals surface area contributed by atoms with Gasteiger partial charge in [-0.3, -0.25) is 9.78 Å². The molecule has 4 rings (SSSR count). The molecule has 3 aromatic rings. The van der Waals surface area contributed by atoms with E-state index in [0.29, 0.717) is 30.3 Å². The Kier molecular flexibility index (Phi) is 7.79. The minimum absolute atomic E-state index is 0.0616. The Labute approximate surface area is 207 Å². The van der Waals surface area contributed by atoms with Crippen LogP contribution in [-0.4, -0.2) is 28.6 Å². The lowest BCUT2D eigenvalue weighted by Crippen LogP contribution is -2.27. The second kappa shape index (κ2) is 11.0. The second-order valence-corrected chi connectivity index (χ2v) is 10.8. The summed E-state index contributed by atoms with van der Waals surface area (Å²) in [5, 5.41) is 9.36. The van der Waals surface area contributed by atoms with Crippen LogP contribution in [0.5, 0.6) is 0 Å². The fourth-order valence-corrected chi connectivity index (χ4v) is 5.96. The number of carbonyl (C=O) groups is 2. The minimum atomic E-state index is -0.433. The number of anilines is 2. The highest BCUT2D eigenvalue weighted by Crippen LogP contribution is 2.41. The number of thiophene rings is 1. The van der Waals surface area contributed by atoms with E-state index in [0.717, 1.165) is 46.0 Å². The molecule has 4 N–H and O–H groups in total. The first-order chi connectivity index (χ1) is 16.4. The van der Waals surface area contributed by atoms with Crippen LogP contribution in [0.4, 0.5) is 15.5 Å². The molecule has 180 valence electrons. The Morgan fingerprint density at radius 3 is 2.97 bits per heavy atom. The molecule has 0 spiro atoms. The molecular weight excluding hydrogens is 470 g/mol. The van der Waals surface area contributed by atoms with Crippen molar-refractivity contribution < 1.29 is 14.3 Å². The highest BCUT2D eigenvalue weighted by atomic mass is 32.1. The summed E-state index contributed by atoms with van der Waals surface area (Å²) in [5.74, 6) is 0.234. The van der Waals surface area contributed by atoms with Crippen molar-refractivity contribution in [3.8, 4) is 0 Å². The molecule has 0 fully saturated rings. The van der Waals surface area contributed by atoms with Crippen LogP contribution < -0.4 is 16.4 Å². The Hall–Kier alpha value is -2.98. The van der Waals surface area contributed by atoms with Crippen LogP contribution in [0.2, 0.25) is 0 Å². The van der Waals surface area contributed by atoms with Crippen molar-refractivity contribution in [2.24, 2.45) is 5.92 Å². The SMILES string of the molecule is Cc1nc(CNC(=O)OCC2CCc3c(sc(NC(=O)CC(C)c4cccnc4)c3N)C2)cs1. The molecule has 0 aromatic carbocycles. The number of alkyl carbamates (subject to hydrolysis) is 1. The maximum Gasteiger partial charge on any atom is 0.407 e. The molecule has 3 aromatic heterocycles. The fourth-order valence-electron chi connectivity index (χ4n) is 4.05. The number of carbonyl (C=O) groups excluding carboxylic acids is 2. The summed E-state index contributed by atoms with van der Waals surface area (Å²) in [4.78, 5) is 34.3. The van der Waals surface area contributed by atoms with Gasteiger partial charge < -0.3 is 21.1 Å². The van der Waals surface area contributed by atoms with Gasteiger partial charge in [0.2, 0.25) is 5.91 Å². The summed E-state index contributed by atoms with van der Waals surface area (Å²) in [6.07, 6.45) is 5.92. The number of aryl methyl sites for hydroxylation is 1. The maximum absolute atomic E-state index is 12.6. The molecule has 0 radical (unpaired) electrons. The number of nitrogens with two attached hydrogens (primary N) is 1.